The molecule has 2 aliphatic rings. The molecule has 158 valence electrons. The fraction of sp³-hybridized carbons (Fsp3) is 0.273. The van der Waals surface area contributed by atoms with Gasteiger partial charge in [-0.15, -0.1) is 0 Å². The van der Waals surface area contributed by atoms with Crippen LogP contribution < -0.4 is 15.5 Å². The highest BCUT2D eigenvalue weighted by Gasteiger charge is 2.21. The average molecular weight is 436 g/mol. The SMILES string of the molecule is CN1CCN(c2ccc(Nc3ncc4c(n3)-c3ccc(Cl)cc3NC(=O)C4)cn2)CC1. The van der Waals surface area contributed by atoms with Gasteiger partial charge < -0.3 is 20.4 Å². The van der Waals surface area contributed by atoms with E-state index in [0.29, 0.717) is 22.4 Å². The van der Waals surface area contributed by atoms with Crippen molar-refractivity contribution in [2.75, 3.05) is 48.8 Å². The molecular weight excluding hydrogens is 414 g/mol. The van der Waals surface area contributed by atoms with Gasteiger partial charge in [0.1, 0.15) is 5.82 Å². The van der Waals surface area contributed by atoms with E-state index in [2.05, 4.69) is 37.4 Å². The van der Waals surface area contributed by atoms with E-state index in [1.165, 1.54) is 0 Å². The maximum Gasteiger partial charge on any atom is 0.228 e. The molecule has 5 rings (SSSR count). The molecule has 1 amide bonds. The third kappa shape index (κ3) is 4.17. The lowest BCUT2D eigenvalue weighted by molar-refractivity contribution is -0.115. The second kappa shape index (κ2) is 8.13. The first-order chi connectivity index (χ1) is 15.0. The number of amides is 1. The fourth-order valence-corrected chi connectivity index (χ4v) is 4.01. The minimum absolute atomic E-state index is 0.115. The molecule has 1 aromatic carbocycles. The van der Waals surface area contributed by atoms with Gasteiger partial charge >= 0.3 is 0 Å². The number of nitrogens with one attached hydrogen (secondary N) is 2. The van der Waals surface area contributed by atoms with Crippen LogP contribution in [-0.2, 0) is 11.2 Å². The number of aromatic nitrogens is 3. The van der Waals surface area contributed by atoms with Gasteiger partial charge in [-0.25, -0.2) is 15.0 Å². The van der Waals surface area contributed by atoms with Crippen LogP contribution in [0.1, 0.15) is 5.56 Å². The van der Waals surface area contributed by atoms with Gasteiger partial charge in [-0.3, -0.25) is 4.79 Å². The Bertz CT molecular complexity index is 1130. The fourth-order valence-electron chi connectivity index (χ4n) is 3.84. The second-order valence-corrected chi connectivity index (χ2v) is 8.24. The predicted molar refractivity (Wildman–Crippen MR) is 122 cm³/mol. The molecule has 2 N–H and O–H groups in total. The summed E-state index contributed by atoms with van der Waals surface area (Å²) >= 11 is 6.11. The van der Waals surface area contributed by atoms with E-state index in [0.717, 1.165) is 48.8 Å². The number of carbonyl (C=O) groups is 1. The largest absolute Gasteiger partial charge is 0.354 e. The van der Waals surface area contributed by atoms with Gasteiger partial charge in [0.2, 0.25) is 11.9 Å². The zero-order valence-corrected chi connectivity index (χ0v) is 17.9. The van der Waals surface area contributed by atoms with Crippen molar-refractivity contribution in [3.63, 3.8) is 0 Å². The van der Waals surface area contributed by atoms with Crippen LogP contribution in [-0.4, -0.2) is 59.0 Å². The number of carbonyl (C=O) groups excluding carboxylic acids is 1. The van der Waals surface area contributed by atoms with Gasteiger partial charge in [0, 0.05) is 48.5 Å². The van der Waals surface area contributed by atoms with E-state index in [4.69, 9.17) is 16.6 Å². The molecule has 2 aromatic heterocycles. The quantitative estimate of drug-likeness (QED) is 0.653. The topological polar surface area (TPSA) is 86.3 Å². The zero-order valence-electron chi connectivity index (χ0n) is 17.1. The molecule has 3 aromatic rings. The minimum atomic E-state index is -0.115. The first-order valence-electron chi connectivity index (χ1n) is 10.2. The van der Waals surface area contributed by atoms with Crippen molar-refractivity contribution in [2.45, 2.75) is 6.42 Å². The number of halogens is 1. The summed E-state index contributed by atoms with van der Waals surface area (Å²) in [6, 6.07) is 9.38. The zero-order chi connectivity index (χ0) is 21.4. The third-order valence-corrected chi connectivity index (χ3v) is 5.79. The number of hydrogen-bond donors (Lipinski definition) is 2. The van der Waals surface area contributed by atoms with Gasteiger partial charge in [0.15, 0.2) is 0 Å². The van der Waals surface area contributed by atoms with Crippen molar-refractivity contribution in [3.05, 3.63) is 53.3 Å². The number of pyridine rings is 1. The van der Waals surface area contributed by atoms with Gasteiger partial charge in [-0.05, 0) is 37.4 Å². The molecule has 0 atom stereocenters. The van der Waals surface area contributed by atoms with E-state index in [-0.39, 0.29) is 12.3 Å². The standard InChI is InChI=1S/C22H22ClN7O/c1-29-6-8-30(9-7-29)19-5-3-16(13-24-19)26-22-25-12-14-10-20(31)27-18-11-15(23)2-4-17(18)21(14)28-22/h2-5,11-13H,6-10H2,1H3,(H,27,31)(H,25,26,28). The van der Waals surface area contributed by atoms with Crippen LogP contribution in [0.5, 0.6) is 0 Å². The number of anilines is 4. The van der Waals surface area contributed by atoms with E-state index in [1.807, 2.05) is 18.2 Å². The monoisotopic (exact) mass is 435 g/mol. The highest BCUT2D eigenvalue weighted by molar-refractivity contribution is 6.31. The Morgan fingerprint density at radius 3 is 2.68 bits per heavy atom. The minimum Gasteiger partial charge on any atom is -0.354 e. The van der Waals surface area contributed by atoms with Crippen molar-refractivity contribution in [3.8, 4) is 11.3 Å². The molecule has 0 aliphatic carbocycles. The van der Waals surface area contributed by atoms with Gasteiger partial charge in [-0.1, -0.05) is 11.6 Å². The summed E-state index contributed by atoms with van der Waals surface area (Å²) in [4.78, 5) is 30.5. The average Bonchev–Trinajstić information content (AvgIpc) is 2.89. The number of likely N-dealkylation sites (N-methyl/N-ethyl adjacent to an activating group) is 1. The molecule has 1 saturated heterocycles. The number of piperazine rings is 1. The first-order valence-corrected chi connectivity index (χ1v) is 10.6. The second-order valence-electron chi connectivity index (χ2n) is 7.80. The summed E-state index contributed by atoms with van der Waals surface area (Å²) < 4.78 is 0. The third-order valence-electron chi connectivity index (χ3n) is 5.56. The Labute approximate surface area is 185 Å². The van der Waals surface area contributed by atoms with Gasteiger partial charge in [0.25, 0.3) is 0 Å². The number of hydrogen-bond acceptors (Lipinski definition) is 7. The summed E-state index contributed by atoms with van der Waals surface area (Å²) in [7, 11) is 2.14. The molecule has 0 spiro atoms. The molecule has 4 heterocycles. The van der Waals surface area contributed by atoms with E-state index in [9.17, 15) is 4.79 Å². The Kier molecular flexibility index (Phi) is 5.17. The molecule has 0 radical (unpaired) electrons. The maximum absolute atomic E-state index is 12.2. The lowest BCUT2D eigenvalue weighted by Crippen LogP contribution is -2.44. The lowest BCUT2D eigenvalue weighted by atomic mass is 10.1. The van der Waals surface area contributed by atoms with Crippen LogP contribution in [0, 0.1) is 0 Å². The van der Waals surface area contributed by atoms with Gasteiger partial charge in [0.05, 0.1) is 29.7 Å². The summed E-state index contributed by atoms with van der Waals surface area (Å²) in [5.74, 6) is 1.30. The Balaban J connectivity index is 1.39. The van der Waals surface area contributed by atoms with Crippen LogP contribution >= 0.6 is 11.6 Å². The molecule has 2 aliphatic heterocycles. The van der Waals surface area contributed by atoms with Gasteiger partial charge in [-0.2, -0.15) is 0 Å². The van der Waals surface area contributed by atoms with Crippen molar-refractivity contribution >= 4 is 40.6 Å². The van der Waals surface area contributed by atoms with Crippen molar-refractivity contribution in [2.24, 2.45) is 0 Å². The molecule has 0 saturated carbocycles. The Morgan fingerprint density at radius 2 is 1.90 bits per heavy atom. The molecule has 9 heteroatoms. The Hall–Kier alpha value is -3.23. The van der Waals surface area contributed by atoms with E-state index >= 15 is 0 Å². The smallest absolute Gasteiger partial charge is 0.228 e. The highest BCUT2D eigenvalue weighted by Crippen LogP contribution is 2.34. The van der Waals surface area contributed by atoms with Crippen molar-refractivity contribution in [1.29, 1.82) is 0 Å². The first kappa shape index (κ1) is 19.7. The van der Waals surface area contributed by atoms with Crippen molar-refractivity contribution in [1.82, 2.24) is 19.9 Å². The highest BCUT2D eigenvalue weighted by atomic mass is 35.5. The Morgan fingerprint density at radius 1 is 1.06 bits per heavy atom. The summed E-state index contributed by atoms with van der Waals surface area (Å²) in [6.07, 6.45) is 3.70. The molecule has 1 fully saturated rings. The summed E-state index contributed by atoms with van der Waals surface area (Å²) in [5.41, 5.74) is 3.76. The molecule has 0 unspecified atom stereocenters. The number of benzene rings is 1. The van der Waals surface area contributed by atoms with Crippen LogP contribution in [0.25, 0.3) is 11.3 Å². The maximum atomic E-state index is 12.2. The molecular formula is C22H22ClN7O. The van der Waals surface area contributed by atoms with E-state index in [1.54, 1.807) is 24.5 Å². The normalized spacial score (nSPS) is 16.2. The van der Waals surface area contributed by atoms with Crippen LogP contribution in [0.3, 0.4) is 0 Å². The van der Waals surface area contributed by atoms with Crippen LogP contribution in [0.15, 0.2) is 42.7 Å². The lowest BCUT2D eigenvalue weighted by Gasteiger charge is -2.33. The number of nitrogens with zero attached hydrogens (tertiary/aromatic N) is 5. The summed E-state index contributed by atoms with van der Waals surface area (Å²) in [6.45, 7) is 4.02. The number of rotatable bonds is 3. The molecule has 31 heavy (non-hydrogen) atoms. The van der Waals surface area contributed by atoms with Crippen LogP contribution in [0.2, 0.25) is 5.02 Å². The molecule has 0 bridgehead atoms. The molecule has 8 nitrogen and oxygen atoms in total. The summed E-state index contributed by atoms with van der Waals surface area (Å²) in [5, 5.41) is 6.67. The number of fused-ring (bicyclic) bond motifs is 3. The predicted octanol–water partition coefficient (Wildman–Crippen LogP) is 3.18. The van der Waals surface area contributed by atoms with Crippen molar-refractivity contribution < 1.29 is 4.79 Å². The van der Waals surface area contributed by atoms with Crippen LogP contribution in [0.4, 0.5) is 23.1 Å². The van der Waals surface area contributed by atoms with E-state index < -0.39 is 0 Å².